The highest BCUT2D eigenvalue weighted by atomic mass is 16.5. The third kappa shape index (κ3) is 0.934. The second-order valence-electron chi connectivity index (χ2n) is 2.48. The summed E-state index contributed by atoms with van der Waals surface area (Å²) in [7, 11) is 1.74. The molecule has 0 radical (unpaired) electrons. The highest BCUT2D eigenvalue weighted by molar-refractivity contribution is 5.79. The van der Waals surface area contributed by atoms with Crippen LogP contribution in [0.25, 0.3) is 11.2 Å². The standard InChI is InChI=1S/C6H8N6O/c1-8-11-2-9-4-5(7)12(13)3-10-6(4)11/h2-3,7-8,13H,1H3/p+1. The van der Waals surface area contributed by atoms with Crippen molar-refractivity contribution in [2.45, 2.75) is 0 Å². The molecule has 0 bridgehead atoms. The van der Waals surface area contributed by atoms with Crippen molar-refractivity contribution in [1.82, 2.24) is 14.6 Å². The maximum atomic E-state index is 9.16. The van der Waals surface area contributed by atoms with Gasteiger partial charge in [0.15, 0.2) is 0 Å². The smallest absolute Gasteiger partial charge is 0.289 e. The van der Waals surface area contributed by atoms with Crippen LogP contribution >= 0.6 is 0 Å². The van der Waals surface area contributed by atoms with Gasteiger partial charge in [-0.1, -0.05) is 9.71 Å². The minimum absolute atomic E-state index is 0.166. The summed E-state index contributed by atoms with van der Waals surface area (Å²) in [6.07, 6.45) is 2.75. The molecule has 0 aliphatic rings. The summed E-state index contributed by atoms with van der Waals surface area (Å²) in [5.41, 5.74) is 9.43. The van der Waals surface area contributed by atoms with Crippen LogP contribution in [-0.4, -0.2) is 26.9 Å². The van der Waals surface area contributed by atoms with E-state index in [4.69, 9.17) is 10.9 Å². The number of nitrogens with two attached hydrogens (primary N) is 1. The van der Waals surface area contributed by atoms with Crippen molar-refractivity contribution in [2.75, 3.05) is 18.2 Å². The molecule has 0 atom stereocenters. The molecule has 2 heterocycles. The number of nitrogens with one attached hydrogen (secondary N) is 1. The van der Waals surface area contributed by atoms with Crippen molar-refractivity contribution in [2.24, 2.45) is 0 Å². The Balaban J connectivity index is 2.81. The zero-order valence-corrected chi connectivity index (χ0v) is 6.97. The Labute approximate surface area is 73.4 Å². The average molecular weight is 181 g/mol. The Morgan fingerprint density at radius 1 is 1.62 bits per heavy atom. The van der Waals surface area contributed by atoms with Gasteiger partial charge < -0.3 is 16.4 Å². The molecular weight excluding hydrogens is 172 g/mol. The highest BCUT2D eigenvalue weighted by Gasteiger charge is 2.15. The molecule has 0 aliphatic carbocycles. The summed E-state index contributed by atoms with van der Waals surface area (Å²) in [4.78, 5) is 7.93. The van der Waals surface area contributed by atoms with E-state index in [2.05, 4.69) is 15.4 Å². The normalized spacial score (nSPS) is 10.5. The average Bonchev–Trinajstić information content (AvgIpc) is 2.55. The first-order valence-corrected chi connectivity index (χ1v) is 3.64. The number of nitrogen functional groups attached to an aromatic ring is 1. The van der Waals surface area contributed by atoms with Gasteiger partial charge in [0.05, 0.1) is 0 Å². The predicted octanol–water partition coefficient (Wildman–Crippen LogP) is -1.29. The number of rotatable bonds is 1. The monoisotopic (exact) mass is 181 g/mol. The lowest BCUT2D eigenvalue weighted by Crippen LogP contribution is -2.34. The van der Waals surface area contributed by atoms with E-state index < -0.39 is 0 Å². The van der Waals surface area contributed by atoms with Gasteiger partial charge in [0.25, 0.3) is 17.8 Å². The molecule has 68 valence electrons. The van der Waals surface area contributed by atoms with Crippen LogP contribution in [0.15, 0.2) is 12.7 Å². The first-order chi connectivity index (χ1) is 6.24. The quantitative estimate of drug-likeness (QED) is 0.376. The minimum Gasteiger partial charge on any atom is -0.371 e. The van der Waals surface area contributed by atoms with Crippen molar-refractivity contribution in [1.29, 1.82) is 0 Å². The molecular formula is C6H9N6O+. The molecule has 0 fully saturated rings. The molecule has 2 aromatic rings. The molecule has 0 amide bonds. The Kier molecular flexibility index (Phi) is 1.44. The van der Waals surface area contributed by atoms with E-state index in [0.29, 0.717) is 11.2 Å². The van der Waals surface area contributed by atoms with Crippen molar-refractivity contribution >= 4 is 17.0 Å². The van der Waals surface area contributed by atoms with Crippen LogP contribution in [0.2, 0.25) is 0 Å². The first-order valence-electron chi connectivity index (χ1n) is 3.64. The third-order valence-electron chi connectivity index (χ3n) is 1.76. The SMILES string of the molecule is CNn1cnc2c(N)[n+](O)cnc21. The summed E-state index contributed by atoms with van der Waals surface area (Å²) >= 11 is 0. The summed E-state index contributed by atoms with van der Waals surface area (Å²) in [6, 6.07) is 0. The van der Waals surface area contributed by atoms with Gasteiger partial charge in [-0.3, -0.25) is 0 Å². The summed E-state index contributed by atoms with van der Waals surface area (Å²) < 4.78 is 2.33. The summed E-state index contributed by atoms with van der Waals surface area (Å²) in [5.74, 6) is 0.166. The number of aromatic nitrogens is 4. The minimum atomic E-state index is 0.166. The Morgan fingerprint density at radius 3 is 3.08 bits per heavy atom. The fraction of sp³-hybridized carbons (Fsp3) is 0.167. The van der Waals surface area contributed by atoms with Crippen LogP contribution in [0.4, 0.5) is 5.82 Å². The van der Waals surface area contributed by atoms with Gasteiger partial charge >= 0.3 is 0 Å². The zero-order chi connectivity index (χ0) is 9.42. The van der Waals surface area contributed by atoms with Gasteiger partial charge in [0.2, 0.25) is 5.52 Å². The largest absolute Gasteiger partial charge is 0.371 e. The van der Waals surface area contributed by atoms with Crippen molar-refractivity contribution < 1.29 is 9.94 Å². The molecule has 13 heavy (non-hydrogen) atoms. The lowest BCUT2D eigenvalue weighted by molar-refractivity contribution is -0.894. The van der Waals surface area contributed by atoms with Crippen molar-refractivity contribution in [3.05, 3.63) is 12.7 Å². The van der Waals surface area contributed by atoms with E-state index in [0.717, 1.165) is 4.73 Å². The molecule has 2 aromatic heterocycles. The molecule has 4 N–H and O–H groups in total. The maximum Gasteiger partial charge on any atom is 0.289 e. The number of fused-ring (bicyclic) bond motifs is 1. The summed E-state index contributed by atoms with van der Waals surface area (Å²) in [5, 5.41) is 9.16. The topological polar surface area (TPSA) is 92.9 Å². The second-order valence-corrected chi connectivity index (χ2v) is 2.48. The van der Waals surface area contributed by atoms with Crippen molar-refractivity contribution in [3.8, 4) is 0 Å². The van der Waals surface area contributed by atoms with Crippen LogP contribution in [0.5, 0.6) is 0 Å². The Bertz CT molecular complexity index is 450. The fourth-order valence-electron chi connectivity index (χ4n) is 1.09. The Hall–Kier alpha value is -2.05. The number of imidazole rings is 1. The van der Waals surface area contributed by atoms with Gasteiger partial charge in [-0.2, -0.15) is 0 Å². The van der Waals surface area contributed by atoms with Crippen LogP contribution in [0.3, 0.4) is 0 Å². The Morgan fingerprint density at radius 2 is 2.38 bits per heavy atom. The van der Waals surface area contributed by atoms with Crippen LogP contribution in [0.1, 0.15) is 0 Å². The van der Waals surface area contributed by atoms with Crippen LogP contribution in [0, 0.1) is 0 Å². The molecule has 0 aliphatic heterocycles. The van der Waals surface area contributed by atoms with E-state index >= 15 is 0 Å². The third-order valence-corrected chi connectivity index (χ3v) is 1.76. The van der Waals surface area contributed by atoms with E-state index in [1.165, 1.54) is 12.7 Å². The molecule has 0 saturated carbocycles. The summed E-state index contributed by atoms with van der Waals surface area (Å²) in [6.45, 7) is 0. The predicted molar refractivity (Wildman–Crippen MR) is 44.6 cm³/mol. The number of hydrogen-bond donors (Lipinski definition) is 3. The van der Waals surface area contributed by atoms with E-state index in [9.17, 15) is 0 Å². The van der Waals surface area contributed by atoms with Crippen LogP contribution in [-0.2, 0) is 0 Å². The van der Waals surface area contributed by atoms with Gasteiger partial charge in [-0.15, -0.1) is 0 Å². The number of anilines is 1. The van der Waals surface area contributed by atoms with Gasteiger partial charge in [-0.05, 0) is 0 Å². The molecule has 0 saturated heterocycles. The van der Waals surface area contributed by atoms with Gasteiger partial charge in [-0.25, -0.2) is 9.66 Å². The fourth-order valence-corrected chi connectivity index (χ4v) is 1.09. The number of hydrogen-bond acceptors (Lipinski definition) is 5. The van der Waals surface area contributed by atoms with E-state index in [-0.39, 0.29) is 5.82 Å². The second kappa shape index (κ2) is 2.47. The maximum absolute atomic E-state index is 9.16. The number of nitrogens with zero attached hydrogens (tertiary/aromatic N) is 4. The van der Waals surface area contributed by atoms with Crippen LogP contribution < -0.4 is 15.9 Å². The zero-order valence-electron chi connectivity index (χ0n) is 6.97. The molecule has 0 aromatic carbocycles. The lowest BCUT2D eigenvalue weighted by atomic mass is 10.5. The van der Waals surface area contributed by atoms with E-state index in [1.54, 1.807) is 11.7 Å². The van der Waals surface area contributed by atoms with Gasteiger partial charge in [0.1, 0.15) is 6.33 Å². The first kappa shape index (κ1) is 7.59. The molecule has 7 heteroatoms. The van der Waals surface area contributed by atoms with Crippen molar-refractivity contribution in [3.63, 3.8) is 0 Å². The molecule has 0 spiro atoms. The van der Waals surface area contributed by atoms with Gasteiger partial charge in [0, 0.05) is 7.05 Å². The lowest BCUT2D eigenvalue weighted by Gasteiger charge is -1.97. The van der Waals surface area contributed by atoms with E-state index in [1.807, 2.05) is 0 Å². The highest BCUT2D eigenvalue weighted by Crippen LogP contribution is 2.10. The molecule has 7 nitrogen and oxygen atoms in total. The molecule has 2 rings (SSSR count). The molecule has 0 unspecified atom stereocenters.